The molecule has 1 aliphatic heterocycles. The van der Waals surface area contributed by atoms with Gasteiger partial charge in [-0.05, 0) is 29.8 Å². The van der Waals surface area contributed by atoms with Crippen LogP contribution in [0.4, 0.5) is 5.69 Å². The number of anilines is 1. The largest absolute Gasteiger partial charge is 0.460 e. The third kappa shape index (κ3) is 4.18. The van der Waals surface area contributed by atoms with Crippen molar-refractivity contribution < 1.29 is 14.3 Å². The van der Waals surface area contributed by atoms with E-state index in [1.807, 2.05) is 47.5 Å². The molecule has 25 heavy (non-hydrogen) atoms. The van der Waals surface area contributed by atoms with Gasteiger partial charge in [0.25, 0.3) is 0 Å². The molecule has 0 atom stereocenters. The number of ether oxygens (including phenoxy) is 2. The molecule has 0 N–H and O–H groups in total. The molecular formula is C19H19ClN2O3. The maximum absolute atomic E-state index is 12.3. The van der Waals surface area contributed by atoms with Gasteiger partial charge in [-0.15, -0.1) is 0 Å². The van der Waals surface area contributed by atoms with Crippen molar-refractivity contribution in [2.24, 2.45) is 5.10 Å². The summed E-state index contributed by atoms with van der Waals surface area (Å²) in [6.45, 7) is 1.31. The van der Waals surface area contributed by atoms with Crippen LogP contribution in [0.3, 0.4) is 0 Å². The molecule has 1 heterocycles. The van der Waals surface area contributed by atoms with Crippen molar-refractivity contribution in [3.05, 3.63) is 64.7 Å². The van der Waals surface area contributed by atoms with Crippen LogP contribution < -0.4 is 5.01 Å². The third-order valence-corrected chi connectivity index (χ3v) is 4.15. The van der Waals surface area contributed by atoms with Gasteiger partial charge in [0.1, 0.15) is 6.61 Å². The summed E-state index contributed by atoms with van der Waals surface area (Å²) in [6, 6.07) is 14.9. The minimum absolute atomic E-state index is 0.225. The summed E-state index contributed by atoms with van der Waals surface area (Å²) >= 11 is 5.94. The second kappa shape index (κ2) is 8.14. The van der Waals surface area contributed by atoms with Gasteiger partial charge < -0.3 is 9.47 Å². The zero-order chi connectivity index (χ0) is 17.6. The number of hydrogen-bond acceptors (Lipinski definition) is 5. The van der Waals surface area contributed by atoms with Crippen molar-refractivity contribution >= 4 is 29.0 Å². The molecule has 2 aromatic carbocycles. The Morgan fingerprint density at radius 2 is 1.92 bits per heavy atom. The number of para-hydroxylation sites is 1. The summed E-state index contributed by atoms with van der Waals surface area (Å²) in [5, 5.41) is 7.21. The second-order valence-corrected chi connectivity index (χ2v) is 6.01. The van der Waals surface area contributed by atoms with E-state index in [-0.39, 0.29) is 12.6 Å². The van der Waals surface area contributed by atoms with Crippen LogP contribution in [-0.2, 0) is 9.47 Å². The first kappa shape index (κ1) is 17.5. The highest BCUT2D eigenvalue weighted by molar-refractivity contribution is 6.30. The minimum Gasteiger partial charge on any atom is -0.460 e. The molecule has 0 radical (unpaired) electrons. The van der Waals surface area contributed by atoms with E-state index in [4.69, 9.17) is 21.1 Å². The minimum atomic E-state index is -0.372. The lowest BCUT2D eigenvalue weighted by Gasteiger charge is -2.17. The predicted molar refractivity (Wildman–Crippen MR) is 98.6 cm³/mol. The number of methoxy groups -OCH3 is 1. The van der Waals surface area contributed by atoms with Crippen LogP contribution in [0.25, 0.3) is 0 Å². The van der Waals surface area contributed by atoms with Crippen molar-refractivity contribution in [3.63, 3.8) is 0 Å². The van der Waals surface area contributed by atoms with Crippen LogP contribution in [0.2, 0.25) is 5.02 Å². The fourth-order valence-electron chi connectivity index (χ4n) is 2.64. The Kier molecular flexibility index (Phi) is 5.68. The molecule has 0 unspecified atom stereocenters. The molecular weight excluding hydrogens is 340 g/mol. The first-order valence-electron chi connectivity index (χ1n) is 8.05. The van der Waals surface area contributed by atoms with Crippen LogP contribution in [-0.4, -0.2) is 38.5 Å². The van der Waals surface area contributed by atoms with Gasteiger partial charge in [-0.3, -0.25) is 5.01 Å². The molecule has 0 saturated heterocycles. The zero-order valence-electron chi connectivity index (χ0n) is 13.9. The quantitative estimate of drug-likeness (QED) is 0.583. The fourth-order valence-corrected chi connectivity index (χ4v) is 2.77. The van der Waals surface area contributed by atoms with E-state index in [1.54, 1.807) is 13.2 Å². The van der Waals surface area contributed by atoms with Gasteiger partial charge in [0, 0.05) is 25.1 Å². The molecule has 0 aliphatic carbocycles. The number of nitrogens with zero attached hydrogens (tertiary/aromatic N) is 2. The van der Waals surface area contributed by atoms with Crippen LogP contribution >= 0.6 is 11.6 Å². The Bertz CT molecular complexity index is 774. The summed E-state index contributed by atoms with van der Waals surface area (Å²) in [5.41, 5.74) is 3.25. The van der Waals surface area contributed by atoms with Crippen molar-refractivity contribution in [2.75, 3.05) is 31.9 Å². The normalized spacial score (nSPS) is 13.7. The Labute approximate surface area is 151 Å². The van der Waals surface area contributed by atoms with Crippen molar-refractivity contribution in [2.45, 2.75) is 6.42 Å². The Morgan fingerprint density at radius 1 is 1.16 bits per heavy atom. The maximum atomic E-state index is 12.3. The van der Waals surface area contributed by atoms with E-state index in [0.29, 0.717) is 23.7 Å². The topological polar surface area (TPSA) is 51.1 Å². The molecule has 6 heteroatoms. The van der Waals surface area contributed by atoms with Crippen LogP contribution in [0.1, 0.15) is 22.3 Å². The number of esters is 1. The van der Waals surface area contributed by atoms with Crippen LogP contribution in [0.5, 0.6) is 0 Å². The first-order chi connectivity index (χ1) is 12.2. The summed E-state index contributed by atoms with van der Waals surface area (Å²) in [6.07, 6.45) is 0.800. The molecule has 2 aromatic rings. The smallest absolute Gasteiger partial charge is 0.340 e. The number of hydrogen-bond donors (Lipinski definition) is 0. The molecule has 0 saturated carbocycles. The maximum Gasteiger partial charge on any atom is 0.340 e. The number of rotatable bonds is 6. The SMILES string of the molecule is COCCOC(=O)c1ccccc1N1CCC(c2ccc(Cl)cc2)=N1. The fraction of sp³-hybridized carbons (Fsp3) is 0.263. The summed E-state index contributed by atoms with van der Waals surface area (Å²) in [5.74, 6) is -0.372. The number of benzene rings is 2. The monoisotopic (exact) mass is 358 g/mol. The van der Waals surface area contributed by atoms with Gasteiger partial charge in [0.15, 0.2) is 0 Å². The summed E-state index contributed by atoms with van der Waals surface area (Å²) in [7, 11) is 1.57. The summed E-state index contributed by atoms with van der Waals surface area (Å²) < 4.78 is 10.2. The molecule has 0 fully saturated rings. The van der Waals surface area contributed by atoms with Gasteiger partial charge in [-0.2, -0.15) is 5.10 Å². The molecule has 130 valence electrons. The van der Waals surface area contributed by atoms with Crippen molar-refractivity contribution in [1.82, 2.24) is 0 Å². The van der Waals surface area contributed by atoms with E-state index < -0.39 is 0 Å². The van der Waals surface area contributed by atoms with Crippen LogP contribution in [0, 0.1) is 0 Å². The van der Waals surface area contributed by atoms with E-state index in [1.165, 1.54) is 0 Å². The highest BCUT2D eigenvalue weighted by atomic mass is 35.5. The lowest BCUT2D eigenvalue weighted by Crippen LogP contribution is -2.18. The predicted octanol–water partition coefficient (Wildman–Crippen LogP) is 3.76. The molecule has 0 bridgehead atoms. The molecule has 0 aromatic heterocycles. The number of carbonyl (C=O) groups excluding carboxylic acids is 1. The second-order valence-electron chi connectivity index (χ2n) is 5.57. The Morgan fingerprint density at radius 3 is 2.68 bits per heavy atom. The van der Waals surface area contributed by atoms with Gasteiger partial charge >= 0.3 is 5.97 Å². The van der Waals surface area contributed by atoms with E-state index in [2.05, 4.69) is 5.10 Å². The van der Waals surface area contributed by atoms with Gasteiger partial charge in [-0.1, -0.05) is 35.9 Å². The average molecular weight is 359 g/mol. The number of carbonyl (C=O) groups is 1. The van der Waals surface area contributed by atoms with Gasteiger partial charge in [0.05, 0.1) is 23.6 Å². The molecule has 3 rings (SSSR count). The molecule has 0 spiro atoms. The lowest BCUT2D eigenvalue weighted by atomic mass is 10.1. The Hall–Kier alpha value is -2.37. The number of hydrazone groups is 1. The third-order valence-electron chi connectivity index (χ3n) is 3.90. The number of halogens is 1. The lowest BCUT2D eigenvalue weighted by molar-refractivity contribution is 0.0389. The molecule has 5 nitrogen and oxygen atoms in total. The zero-order valence-corrected chi connectivity index (χ0v) is 14.7. The van der Waals surface area contributed by atoms with E-state index in [9.17, 15) is 4.79 Å². The van der Waals surface area contributed by atoms with Crippen molar-refractivity contribution in [3.8, 4) is 0 Å². The Balaban J connectivity index is 1.80. The first-order valence-corrected chi connectivity index (χ1v) is 8.43. The standard InChI is InChI=1S/C19H19ClN2O3/c1-24-12-13-25-19(23)16-4-2-3-5-18(16)22-11-10-17(21-22)14-6-8-15(20)9-7-14/h2-9H,10-13H2,1H3. The van der Waals surface area contributed by atoms with Crippen LogP contribution in [0.15, 0.2) is 53.6 Å². The molecule has 1 aliphatic rings. The van der Waals surface area contributed by atoms with E-state index >= 15 is 0 Å². The molecule has 0 amide bonds. The summed E-state index contributed by atoms with van der Waals surface area (Å²) in [4.78, 5) is 12.3. The highest BCUT2D eigenvalue weighted by Gasteiger charge is 2.22. The van der Waals surface area contributed by atoms with Gasteiger partial charge in [-0.25, -0.2) is 4.79 Å². The van der Waals surface area contributed by atoms with Crippen molar-refractivity contribution in [1.29, 1.82) is 0 Å². The van der Waals surface area contributed by atoms with Gasteiger partial charge in [0.2, 0.25) is 0 Å². The average Bonchev–Trinajstić information content (AvgIpc) is 3.12. The highest BCUT2D eigenvalue weighted by Crippen LogP contribution is 2.26. The van der Waals surface area contributed by atoms with E-state index in [0.717, 1.165) is 23.4 Å².